The zero-order chi connectivity index (χ0) is 15.8. The van der Waals surface area contributed by atoms with E-state index in [1.54, 1.807) is 11.3 Å². The number of benzene rings is 1. The lowest BCUT2D eigenvalue weighted by molar-refractivity contribution is 0.226. The van der Waals surface area contributed by atoms with Gasteiger partial charge < -0.3 is 10.5 Å². The molecule has 0 saturated heterocycles. The quantitative estimate of drug-likeness (QED) is 0.921. The van der Waals surface area contributed by atoms with Crippen LogP contribution in [0.25, 0.3) is 6.08 Å². The van der Waals surface area contributed by atoms with Crippen LogP contribution in [0, 0.1) is 0 Å². The number of thiazole rings is 1. The highest BCUT2D eigenvalue weighted by atomic mass is 32.1. The molecule has 1 aromatic heterocycles. The highest BCUT2D eigenvalue weighted by Crippen LogP contribution is 2.30. The van der Waals surface area contributed by atoms with Gasteiger partial charge in [-0.15, -0.1) is 11.3 Å². The predicted molar refractivity (Wildman–Crippen MR) is 94.9 cm³/mol. The maximum Gasteiger partial charge on any atom is 0.180 e. The van der Waals surface area contributed by atoms with E-state index in [0.717, 1.165) is 38.2 Å². The minimum atomic E-state index is 0.135. The molecule has 2 N–H and O–H groups in total. The zero-order valence-corrected chi connectivity index (χ0v) is 14.1. The first-order valence-corrected chi connectivity index (χ1v) is 8.93. The fourth-order valence-electron chi connectivity index (χ4n) is 3.31. The molecule has 5 heteroatoms. The summed E-state index contributed by atoms with van der Waals surface area (Å²) in [6, 6.07) is 8.25. The molecular formula is C18H21N3OS. The highest BCUT2D eigenvalue weighted by Gasteiger charge is 2.23. The van der Waals surface area contributed by atoms with E-state index < -0.39 is 0 Å². The summed E-state index contributed by atoms with van der Waals surface area (Å²) in [7, 11) is 0. The summed E-state index contributed by atoms with van der Waals surface area (Å²) in [6.07, 6.45) is 4.46. The lowest BCUT2D eigenvalue weighted by Crippen LogP contribution is -2.33. The second-order valence-corrected chi connectivity index (χ2v) is 7.33. The van der Waals surface area contributed by atoms with Crippen molar-refractivity contribution in [3.63, 3.8) is 0 Å². The topological polar surface area (TPSA) is 51.4 Å². The monoisotopic (exact) mass is 327 g/mol. The summed E-state index contributed by atoms with van der Waals surface area (Å²) in [5.74, 6) is 0.987. The average molecular weight is 327 g/mol. The van der Waals surface area contributed by atoms with E-state index in [9.17, 15) is 0 Å². The van der Waals surface area contributed by atoms with Crippen LogP contribution < -0.4 is 10.5 Å². The Morgan fingerprint density at radius 3 is 3.04 bits per heavy atom. The Hall–Kier alpha value is -1.85. The number of ether oxygens (including phenoxy) is 1. The van der Waals surface area contributed by atoms with E-state index in [1.165, 1.54) is 21.7 Å². The van der Waals surface area contributed by atoms with Gasteiger partial charge in [0.05, 0.1) is 5.69 Å². The van der Waals surface area contributed by atoms with Crippen LogP contribution in [0.5, 0.6) is 5.75 Å². The van der Waals surface area contributed by atoms with Gasteiger partial charge in [-0.2, -0.15) is 0 Å². The first kappa shape index (κ1) is 14.7. The van der Waals surface area contributed by atoms with Gasteiger partial charge in [-0.25, -0.2) is 4.98 Å². The summed E-state index contributed by atoms with van der Waals surface area (Å²) in [5, 5.41) is 0.706. The largest absolute Gasteiger partial charge is 0.486 e. The standard InChI is InChI=1S/C18H21N3OS/c1-12-14(10-13-4-2-3-5-16(13)22-12)11-21-8-6-15-17(7-9-21)23-18(19)20-15/h2-5,10,12H,6-9,11H2,1H3,(H2,19,20). The molecule has 0 aliphatic carbocycles. The molecule has 1 atom stereocenters. The summed E-state index contributed by atoms with van der Waals surface area (Å²) < 4.78 is 6.06. The Morgan fingerprint density at radius 1 is 1.30 bits per heavy atom. The number of para-hydroxylation sites is 1. The van der Waals surface area contributed by atoms with Gasteiger partial charge in [-0.1, -0.05) is 18.2 Å². The molecule has 0 bridgehead atoms. The molecule has 23 heavy (non-hydrogen) atoms. The molecule has 1 aromatic carbocycles. The normalized spacial score (nSPS) is 20.9. The molecule has 0 radical (unpaired) electrons. The van der Waals surface area contributed by atoms with Crippen LogP contribution in [0.3, 0.4) is 0 Å². The molecule has 0 saturated carbocycles. The van der Waals surface area contributed by atoms with Crippen molar-refractivity contribution in [2.45, 2.75) is 25.9 Å². The van der Waals surface area contributed by atoms with Gasteiger partial charge in [0.25, 0.3) is 0 Å². The zero-order valence-electron chi connectivity index (χ0n) is 13.3. The van der Waals surface area contributed by atoms with E-state index >= 15 is 0 Å². The predicted octanol–water partition coefficient (Wildman–Crippen LogP) is 2.99. The van der Waals surface area contributed by atoms with Crippen LogP contribution in [0.1, 0.15) is 23.1 Å². The number of aromatic nitrogens is 1. The molecule has 0 spiro atoms. The van der Waals surface area contributed by atoms with Gasteiger partial charge in [-0.05, 0) is 31.1 Å². The second-order valence-electron chi connectivity index (χ2n) is 6.22. The number of fused-ring (bicyclic) bond motifs is 2. The van der Waals surface area contributed by atoms with Gasteiger partial charge in [-0.3, -0.25) is 4.90 Å². The molecule has 4 nitrogen and oxygen atoms in total. The number of hydrogen-bond acceptors (Lipinski definition) is 5. The van der Waals surface area contributed by atoms with E-state index in [1.807, 2.05) is 12.1 Å². The van der Waals surface area contributed by atoms with Crippen LogP contribution in [0.2, 0.25) is 0 Å². The van der Waals surface area contributed by atoms with E-state index in [2.05, 4.69) is 35.0 Å². The van der Waals surface area contributed by atoms with Crippen molar-refractivity contribution >= 4 is 22.5 Å². The molecule has 3 heterocycles. The van der Waals surface area contributed by atoms with Crippen LogP contribution in [-0.4, -0.2) is 35.6 Å². The van der Waals surface area contributed by atoms with Gasteiger partial charge in [0, 0.05) is 36.5 Å². The third-order valence-electron chi connectivity index (χ3n) is 4.61. The Bertz CT molecular complexity index is 727. The van der Waals surface area contributed by atoms with Crippen LogP contribution >= 0.6 is 11.3 Å². The number of anilines is 1. The third-order valence-corrected chi connectivity index (χ3v) is 5.59. The smallest absolute Gasteiger partial charge is 0.180 e. The van der Waals surface area contributed by atoms with E-state index in [-0.39, 0.29) is 6.10 Å². The Labute approximate surface area is 140 Å². The molecule has 2 aliphatic rings. The molecule has 120 valence electrons. The van der Waals surface area contributed by atoms with Gasteiger partial charge >= 0.3 is 0 Å². The van der Waals surface area contributed by atoms with Crippen molar-refractivity contribution in [2.75, 3.05) is 25.4 Å². The van der Waals surface area contributed by atoms with Gasteiger partial charge in [0.2, 0.25) is 0 Å². The van der Waals surface area contributed by atoms with Crippen LogP contribution in [-0.2, 0) is 12.8 Å². The number of nitrogen functional groups attached to an aromatic ring is 1. The number of hydrogen-bond donors (Lipinski definition) is 1. The number of rotatable bonds is 2. The second kappa shape index (κ2) is 5.98. The Balaban J connectivity index is 1.48. The van der Waals surface area contributed by atoms with E-state index in [0.29, 0.717) is 5.13 Å². The van der Waals surface area contributed by atoms with E-state index in [4.69, 9.17) is 10.5 Å². The maximum atomic E-state index is 6.06. The molecule has 1 unspecified atom stereocenters. The third kappa shape index (κ3) is 2.99. The average Bonchev–Trinajstić information content (AvgIpc) is 2.80. The van der Waals surface area contributed by atoms with Crippen LogP contribution in [0.15, 0.2) is 29.8 Å². The molecule has 0 amide bonds. The summed E-state index contributed by atoms with van der Waals surface area (Å²) >= 11 is 1.64. The lowest BCUT2D eigenvalue weighted by atomic mass is 10.0. The number of nitrogens with zero attached hydrogens (tertiary/aromatic N) is 2. The molecular weight excluding hydrogens is 306 g/mol. The summed E-state index contributed by atoms with van der Waals surface area (Å²) in [5.41, 5.74) is 9.55. The van der Waals surface area contributed by atoms with Gasteiger partial charge in [0.1, 0.15) is 11.9 Å². The molecule has 2 aliphatic heterocycles. The SMILES string of the molecule is CC1Oc2ccccc2C=C1CN1CCc2nc(N)sc2CC1. The van der Waals surface area contributed by atoms with Crippen LogP contribution in [0.4, 0.5) is 5.13 Å². The van der Waals surface area contributed by atoms with Crippen molar-refractivity contribution in [2.24, 2.45) is 0 Å². The van der Waals surface area contributed by atoms with Crippen molar-refractivity contribution in [1.82, 2.24) is 9.88 Å². The fourth-order valence-corrected chi connectivity index (χ4v) is 4.18. The first-order chi connectivity index (χ1) is 11.2. The summed E-state index contributed by atoms with van der Waals surface area (Å²) in [4.78, 5) is 8.33. The molecule has 2 aromatic rings. The van der Waals surface area contributed by atoms with Crippen molar-refractivity contribution in [3.8, 4) is 5.75 Å². The van der Waals surface area contributed by atoms with Crippen molar-refractivity contribution < 1.29 is 4.74 Å². The van der Waals surface area contributed by atoms with Crippen molar-refractivity contribution in [3.05, 3.63) is 46.0 Å². The first-order valence-electron chi connectivity index (χ1n) is 8.11. The minimum absolute atomic E-state index is 0.135. The Morgan fingerprint density at radius 2 is 2.13 bits per heavy atom. The number of nitrogens with two attached hydrogens (primary N) is 1. The fraction of sp³-hybridized carbons (Fsp3) is 0.389. The molecule has 4 rings (SSSR count). The highest BCUT2D eigenvalue weighted by molar-refractivity contribution is 7.15. The summed E-state index contributed by atoms with van der Waals surface area (Å²) in [6.45, 7) is 5.18. The maximum absolute atomic E-state index is 6.06. The minimum Gasteiger partial charge on any atom is -0.486 e. The van der Waals surface area contributed by atoms with Crippen molar-refractivity contribution in [1.29, 1.82) is 0 Å². The van der Waals surface area contributed by atoms with Gasteiger partial charge in [0.15, 0.2) is 5.13 Å². The molecule has 0 fully saturated rings. The Kier molecular flexibility index (Phi) is 3.83. The lowest BCUT2D eigenvalue weighted by Gasteiger charge is -2.29.